The summed E-state index contributed by atoms with van der Waals surface area (Å²) in [4.78, 5) is 47.8. The smallest absolute Gasteiger partial charge is 0.352 e. The van der Waals surface area contributed by atoms with Gasteiger partial charge >= 0.3 is 5.97 Å². The largest absolute Gasteiger partial charge is 0.477 e. The van der Waals surface area contributed by atoms with Gasteiger partial charge in [-0.3, -0.25) is 14.5 Å². The number of nitriles is 2. The number of fused-ring (bicyclic) bond motifs is 1. The molecule has 0 radical (unpaired) electrons. The summed E-state index contributed by atoms with van der Waals surface area (Å²) < 4.78 is 0. The second-order valence-electron chi connectivity index (χ2n) is 7.59. The molecule has 0 saturated carbocycles. The lowest BCUT2D eigenvalue weighted by Crippen LogP contribution is -2.71. The lowest BCUT2D eigenvalue weighted by Gasteiger charge is -2.49. The normalized spacial score (nSPS) is 19.1. The van der Waals surface area contributed by atoms with Crippen LogP contribution in [0.2, 0.25) is 0 Å². The summed E-state index contributed by atoms with van der Waals surface area (Å²) in [6, 6.07) is 7.55. The number of hydrogen-bond acceptors (Lipinski definition) is 11. The number of nitrogen functional groups attached to an aromatic ring is 1. The van der Waals surface area contributed by atoms with Gasteiger partial charge in [-0.1, -0.05) is 23.4 Å². The Balaban J connectivity index is 1.56. The van der Waals surface area contributed by atoms with Crippen LogP contribution >= 0.6 is 23.1 Å². The van der Waals surface area contributed by atoms with Crippen LogP contribution in [-0.2, 0) is 19.2 Å². The highest BCUT2D eigenvalue weighted by atomic mass is 32.2. The van der Waals surface area contributed by atoms with Crippen molar-refractivity contribution in [2.75, 3.05) is 18.6 Å². The lowest BCUT2D eigenvalue weighted by atomic mass is 10.0. The van der Waals surface area contributed by atoms with Crippen LogP contribution in [0, 0.1) is 22.7 Å². The van der Waals surface area contributed by atoms with Crippen LogP contribution in [0.3, 0.4) is 0 Å². The molecule has 14 heteroatoms. The molecule has 0 spiro atoms. The molecule has 0 bridgehead atoms. The number of rotatable bonds is 7. The monoisotopic (exact) mass is 535 g/mol. The molecule has 1 fully saturated rings. The molecule has 2 aliphatic rings. The van der Waals surface area contributed by atoms with Crippen molar-refractivity contribution in [1.29, 1.82) is 10.5 Å². The van der Waals surface area contributed by atoms with Crippen molar-refractivity contribution >= 4 is 57.8 Å². The van der Waals surface area contributed by atoms with Crippen molar-refractivity contribution in [2.45, 2.75) is 11.4 Å². The maximum absolute atomic E-state index is 13.0. The molecule has 186 valence electrons. The second-order valence-corrected chi connectivity index (χ2v) is 9.59. The number of nitrogens with two attached hydrogens (primary N) is 1. The van der Waals surface area contributed by atoms with Crippen LogP contribution in [0.4, 0.5) is 5.13 Å². The van der Waals surface area contributed by atoms with Crippen LogP contribution in [0.1, 0.15) is 22.4 Å². The Labute approximate surface area is 218 Å². The first-order valence-corrected chi connectivity index (χ1v) is 12.4. The molecule has 37 heavy (non-hydrogen) atoms. The SMILES string of the molecule is CO/N=C(\C(=O)NC1C(=O)N2C(C(=O)O)=C(/C=C/c3ccc(C#N)cc3C#N)CS[C@H]12)c1csc(N)n1. The van der Waals surface area contributed by atoms with Crippen molar-refractivity contribution < 1.29 is 24.3 Å². The number of carbonyl (C=O) groups is 3. The van der Waals surface area contributed by atoms with Gasteiger partial charge in [0.1, 0.15) is 29.9 Å². The minimum Gasteiger partial charge on any atom is -0.477 e. The number of oxime groups is 1. The van der Waals surface area contributed by atoms with Crippen molar-refractivity contribution in [3.63, 3.8) is 0 Å². The number of carboxylic acid groups (broad SMARTS) is 1. The number of thioether (sulfide) groups is 1. The number of aliphatic carboxylic acids is 1. The average Bonchev–Trinajstić information content (AvgIpc) is 3.33. The van der Waals surface area contributed by atoms with E-state index in [-0.39, 0.29) is 33.6 Å². The molecule has 2 aliphatic heterocycles. The first kappa shape index (κ1) is 25.4. The Morgan fingerprint density at radius 2 is 2.14 bits per heavy atom. The van der Waals surface area contributed by atoms with Gasteiger partial charge in [0.05, 0.1) is 23.3 Å². The van der Waals surface area contributed by atoms with Gasteiger partial charge < -0.3 is 21.0 Å². The second kappa shape index (κ2) is 10.5. The van der Waals surface area contributed by atoms with E-state index in [9.17, 15) is 24.8 Å². The minimum atomic E-state index is -1.30. The van der Waals surface area contributed by atoms with Crippen LogP contribution < -0.4 is 11.1 Å². The van der Waals surface area contributed by atoms with E-state index in [1.807, 2.05) is 12.1 Å². The molecule has 12 nitrogen and oxygen atoms in total. The molecule has 1 aromatic carbocycles. The summed E-state index contributed by atoms with van der Waals surface area (Å²) in [5, 5.41) is 35.6. The number of thiazole rings is 1. The Bertz CT molecular complexity index is 1480. The number of carboxylic acids is 1. The summed E-state index contributed by atoms with van der Waals surface area (Å²) >= 11 is 2.38. The number of β-lactam (4-membered cyclic amide) rings is 1. The third-order valence-electron chi connectivity index (χ3n) is 5.42. The molecule has 3 heterocycles. The molecular formula is C23H17N7O5S2. The molecule has 2 aromatic rings. The van der Waals surface area contributed by atoms with Gasteiger partial charge in [0, 0.05) is 11.1 Å². The molecule has 1 unspecified atom stereocenters. The van der Waals surface area contributed by atoms with Gasteiger partial charge in [-0.25, -0.2) is 9.78 Å². The highest BCUT2D eigenvalue weighted by Gasteiger charge is 2.54. The van der Waals surface area contributed by atoms with E-state index in [0.717, 1.165) is 16.2 Å². The van der Waals surface area contributed by atoms with Crippen LogP contribution in [0.25, 0.3) is 6.08 Å². The summed E-state index contributed by atoms with van der Waals surface area (Å²) in [6.07, 6.45) is 3.10. The fraction of sp³-hybridized carbons (Fsp3) is 0.174. The van der Waals surface area contributed by atoms with Crippen molar-refractivity contribution in [2.24, 2.45) is 5.16 Å². The van der Waals surface area contributed by atoms with Gasteiger partial charge in [0.25, 0.3) is 11.8 Å². The Hall–Kier alpha value is -4.66. The predicted octanol–water partition coefficient (Wildman–Crippen LogP) is 1.27. The van der Waals surface area contributed by atoms with Crippen LogP contribution in [-0.4, -0.2) is 62.8 Å². The van der Waals surface area contributed by atoms with E-state index >= 15 is 0 Å². The van der Waals surface area contributed by atoms with Crippen molar-refractivity contribution in [3.8, 4) is 12.1 Å². The summed E-state index contributed by atoms with van der Waals surface area (Å²) in [6.45, 7) is 0. The van der Waals surface area contributed by atoms with E-state index in [2.05, 4.69) is 15.5 Å². The molecule has 1 aromatic heterocycles. The maximum Gasteiger partial charge on any atom is 0.352 e. The lowest BCUT2D eigenvalue weighted by molar-refractivity contribution is -0.150. The highest BCUT2D eigenvalue weighted by molar-refractivity contribution is 8.00. The van der Waals surface area contributed by atoms with E-state index in [0.29, 0.717) is 16.7 Å². The topological polar surface area (TPSA) is 195 Å². The fourth-order valence-corrected chi connectivity index (χ4v) is 5.60. The van der Waals surface area contributed by atoms with Crippen LogP contribution in [0.15, 0.2) is 46.1 Å². The van der Waals surface area contributed by atoms with Gasteiger partial charge in [-0.15, -0.1) is 23.1 Å². The van der Waals surface area contributed by atoms with Crippen molar-refractivity contribution in [1.82, 2.24) is 15.2 Å². The predicted molar refractivity (Wildman–Crippen MR) is 135 cm³/mol. The first-order chi connectivity index (χ1) is 17.8. The Morgan fingerprint density at radius 1 is 1.35 bits per heavy atom. The van der Waals surface area contributed by atoms with Gasteiger partial charge in [-0.2, -0.15) is 10.5 Å². The molecule has 1 saturated heterocycles. The molecule has 2 amide bonds. The number of nitrogens with zero attached hydrogens (tertiary/aromatic N) is 5. The average molecular weight is 536 g/mol. The molecule has 4 N–H and O–H groups in total. The van der Waals surface area contributed by atoms with Crippen LogP contribution in [0.5, 0.6) is 0 Å². The first-order valence-electron chi connectivity index (χ1n) is 10.5. The number of carbonyl (C=O) groups excluding carboxylic acids is 2. The standard InChI is InChI=1S/C23H17N7O5S2/c1-35-29-16(15-10-37-23(26)27-15)19(31)28-17-20(32)30-18(22(33)34)13(9-36-21(17)30)5-4-12-3-2-11(7-24)6-14(12)8-25/h2-6,10,17,21H,9H2,1H3,(H2,26,27)(H,28,31)(H,33,34)/b5-4+,29-16-/t17?,21-/m1/s1. The zero-order chi connectivity index (χ0) is 26.7. The number of nitrogens with one attached hydrogen (secondary N) is 1. The maximum atomic E-state index is 13.0. The van der Waals surface area contributed by atoms with Gasteiger partial charge in [0.2, 0.25) is 0 Å². The third-order valence-corrected chi connectivity index (χ3v) is 7.39. The van der Waals surface area contributed by atoms with E-state index in [1.54, 1.807) is 18.2 Å². The minimum absolute atomic E-state index is 0.171. The number of benzene rings is 1. The Morgan fingerprint density at radius 3 is 2.76 bits per heavy atom. The molecule has 4 rings (SSSR count). The molecule has 0 aliphatic carbocycles. The quantitative estimate of drug-likeness (QED) is 0.264. The van der Waals surface area contributed by atoms with E-state index < -0.39 is 29.2 Å². The molecule has 2 atom stereocenters. The van der Waals surface area contributed by atoms with E-state index in [4.69, 9.17) is 15.8 Å². The van der Waals surface area contributed by atoms with Gasteiger partial charge in [-0.05, 0) is 23.3 Å². The number of amides is 2. The fourth-order valence-electron chi connectivity index (χ4n) is 3.73. The zero-order valence-electron chi connectivity index (χ0n) is 19.0. The summed E-state index contributed by atoms with van der Waals surface area (Å²) in [7, 11) is 1.26. The van der Waals surface area contributed by atoms with E-state index in [1.165, 1.54) is 36.4 Å². The number of anilines is 1. The zero-order valence-corrected chi connectivity index (χ0v) is 20.7. The van der Waals surface area contributed by atoms with Crippen molar-refractivity contribution in [3.05, 3.63) is 63.3 Å². The number of hydrogen-bond donors (Lipinski definition) is 3. The summed E-state index contributed by atoms with van der Waals surface area (Å²) in [5.41, 5.74) is 6.87. The van der Waals surface area contributed by atoms with Gasteiger partial charge in [0.15, 0.2) is 10.8 Å². The number of allylic oxidation sites excluding steroid dienone is 1. The highest BCUT2D eigenvalue weighted by Crippen LogP contribution is 2.41. The third kappa shape index (κ3) is 4.88. The Kier molecular flexibility index (Phi) is 7.24. The summed E-state index contributed by atoms with van der Waals surface area (Å²) in [5.74, 6) is -2.39. The molecular weight excluding hydrogens is 518 g/mol. The number of aromatic nitrogens is 1.